The minimum atomic E-state index is -0.465. The summed E-state index contributed by atoms with van der Waals surface area (Å²) in [6, 6.07) is 6.75. The Morgan fingerprint density at radius 2 is 2.00 bits per heavy atom. The zero-order valence-electron chi connectivity index (χ0n) is 19.7. The number of benzene rings is 1. The number of aromatic nitrogens is 5. The highest BCUT2D eigenvalue weighted by Crippen LogP contribution is 2.51. The Morgan fingerprint density at radius 1 is 1.18 bits per heavy atom. The molecule has 3 atom stereocenters. The van der Waals surface area contributed by atoms with Gasteiger partial charge in [-0.2, -0.15) is 10.2 Å². The highest BCUT2D eigenvalue weighted by molar-refractivity contribution is 5.75. The first-order valence-corrected chi connectivity index (χ1v) is 11.7. The van der Waals surface area contributed by atoms with Gasteiger partial charge in [0, 0.05) is 65.6 Å². The normalized spacial score (nSPS) is 20.6. The number of pyridine rings is 1. The number of nitrogens with zero attached hydrogens (tertiary/aromatic N) is 5. The van der Waals surface area contributed by atoms with Gasteiger partial charge in [-0.25, -0.2) is 9.37 Å². The van der Waals surface area contributed by atoms with Crippen LogP contribution < -0.4 is 10.5 Å². The quantitative estimate of drug-likeness (QED) is 0.425. The molecule has 3 aromatic heterocycles. The van der Waals surface area contributed by atoms with Gasteiger partial charge < -0.3 is 10.5 Å². The summed E-state index contributed by atoms with van der Waals surface area (Å²) in [6.45, 7) is 6.96. The summed E-state index contributed by atoms with van der Waals surface area (Å²) in [5.74, 6) is 0.866. The number of nitrogen functional groups attached to an aromatic ring is 1. The van der Waals surface area contributed by atoms with Gasteiger partial charge in [0.1, 0.15) is 11.9 Å². The smallest absolute Gasteiger partial charge is 0.166 e. The van der Waals surface area contributed by atoms with Gasteiger partial charge in [-0.1, -0.05) is 6.92 Å². The molecule has 2 bridgehead atoms. The van der Waals surface area contributed by atoms with E-state index < -0.39 is 6.10 Å². The van der Waals surface area contributed by atoms with E-state index in [1.807, 2.05) is 24.7 Å². The van der Waals surface area contributed by atoms with E-state index in [0.717, 1.165) is 52.3 Å². The molecular weight excluding hydrogens is 431 g/mol. The second-order valence-electron chi connectivity index (χ2n) is 9.36. The first-order chi connectivity index (χ1) is 16.4. The van der Waals surface area contributed by atoms with E-state index in [1.54, 1.807) is 12.3 Å². The summed E-state index contributed by atoms with van der Waals surface area (Å²) in [5, 5.41) is 9.86. The Balaban J connectivity index is 1.72. The molecule has 2 aliphatic rings. The van der Waals surface area contributed by atoms with Crippen molar-refractivity contribution in [2.24, 2.45) is 7.05 Å². The molecule has 1 aliphatic heterocycles. The maximum absolute atomic E-state index is 14.4. The van der Waals surface area contributed by atoms with Gasteiger partial charge in [0.2, 0.25) is 0 Å². The van der Waals surface area contributed by atoms with E-state index in [0.29, 0.717) is 17.5 Å². The number of hydrogen-bond donors (Lipinski definition) is 1. The van der Waals surface area contributed by atoms with Crippen LogP contribution >= 0.6 is 0 Å². The number of ether oxygens (including phenoxy) is 1. The van der Waals surface area contributed by atoms with Crippen molar-refractivity contribution in [1.82, 2.24) is 24.5 Å². The van der Waals surface area contributed by atoms with E-state index in [-0.39, 0.29) is 11.7 Å². The van der Waals surface area contributed by atoms with Crippen LogP contribution in [0.1, 0.15) is 67.5 Å². The molecule has 1 aromatic carbocycles. The van der Waals surface area contributed by atoms with E-state index in [1.165, 1.54) is 17.7 Å². The molecule has 0 spiro atoms. The predicted molar refractivity (Wildman–Crippen MR) is 128 cm³/mol. The second kappa shape index (κ2) is 7.41. The fourth-order valence-corrected chi connectivity index (χ4v) is 5.59. The van der Waals surface area contributed by atoms with Gasteiger partial charge in [-0.05, 0) is 44.5 Å². The predicted octanol–water partition coefficient (Wildman–Crippen LogP) is 5.18. The Labute approximate surface area is 197 Å². The molecule has 1 aliphatic carbocycles. The van der Waals surface area contributed by atoms with Crippen molar-refractivity contribution in [2.75, 3.05) is 5.73 Å². The van der Waals surface area contributed by atoms with Gasteiger partial charge in [0.05, 0.1) is 17.1 Å². The highest BCUT2D eigenvalue weighted by atomic mass is 19.1. The molecule has 8 heteroatoms. The van der Waals surface area contributed by atoms with Gasteiger partial charge in [0.15, 0.2) is 11.6 Å². The van der Waals surface area contributed by atoms with Crippen molar-refractivity contribution in [1.29, 1.82) is 0 Å². The molecule has 6 rings (SSSR count). The zero-order valence-corrected chi connectivity index (χ0v) is 19.7. The van der Waals surface area contributed by atoms with E-state index in [4.69, 9.17) is 20.7 Å². The number of aryl methyl sites for hydroxylation is 2. The van der Waals surface area contributed by atoms with Crippen molar-refractivity contribution in [2.45, 2.75) is 51.7 Å². The molecule has 0 radical (unpaired) electrons. The molecule has 0 saturated heterocycles. The molecule has 7 nitrogen and oxygen atoms in total. The van der Waals surface area contributed by atoms with Crippen molar-refractivity contribution < 1.29 is 9.13 Å². The van der Waals surface area contributed by atoms with Gasteiger partial charge in [0.25, 0.3) is 0 Å². The fraction of sp³-hybridized carbons (Fsp3) is 0.346. The summed E-state index contributed by atoms with van der Waals surface area (Å²) in [5.41, 5.74) is 14.0. The molecule has 4 aromatic rings. The monoisotopic (exact) mass is 458 g/mol. The van der Waals surface area contributed by atoms with Crippen molar-refractivity contribution in [3.05, 3.63) is 64.9 Å². The third-order valence-electron chi connectivity index (χ3n) is 7.12. The van der Waals surface area contributed by atoms with Crippen LogP contribution in [-0.2, 0) is 13.6 Å². The highest BCUT2D eigenvalue weighted by Gasteiger charge is 2.39. The van der Waals surface area contributed by atoms with Crippen LogP contribution in [0.25, 0.3) is 22.5 Å². The number of rotatable bonds is 1. The fourth-order valence-electron chi connectivity index (χ4n) is 5.59. The molecule has 4 heterocycles. The average Bonchev–Trinajstić information content (AvgIpc) is 3.47. The first-order valence-electron chi connectivity index (χ1n) is 11.7. The number of hydrogen-bond acceptors (Lipinski definition) is 5. The maximum Gasteiger partial charge on any atom is 0.166 e. The second-order valence-corrected chi connectivity index (χ2v) is 9.36. The van der Waals surface area contributed by atoms with Crippen molar-refractivity contribution in [3.8, 4) is 28.3 Å². The number of anilines is 1. The lowest BCUT2D eigenvalue weighted by Crippen LogP contribution is -2.11. The van der Waals surface area contributed by atoms with Gasteiger partial charge in [-0.3, -0.25) is 9.36 Å². The first kappa shape index (κ1) is 20.9. The minimum Gasteiger partial charge on any atom is -0.482 e. The molecule has 0 saturated carbocycles. The Hall–Kier alpha value is -3.68. The lowest BCUT2D eigenvalue weighted by Gasteiger charge is -2.22. The molecule has 2 unspecified atom stereocenters. The van der Waals surface area contributed by atoms with Crippen LogP contribution in [0.3, 0.4) is 0 Å². The summed E-state index contributed by atoms with van der Waals surface area (Å²) >= 11 is 0. The molecular formula is C26H27FN6O. The standard InChI is InChI=1S/C26H27FN6O/c1-5-33-25-15-9-21(26(28)29-11-15)34-14(3)18-10-16(27)6-7-17(18)24-20(12-32(4)30-24)19-8-13(2)23(31-33)22(19)25/h6-7,9-14,19H,5,8H2,1-4H3,(H2,28,29)/t13?,14-,19?/m1/s1. The number of fused-ring (bicyclic) bond motifs is 7. The van der Waals surface area contributed by atoms with Crippen LogP contribution in [-0.4, -0.2) is 24.5 Å². The summed E-state index contributed by atoms with van der Waals surface area (Å²) in [4.78, 5) is 4.45. The van der Waals surface area contributed by atoms with Gasteiger partial charge >= 0.3 is 0 Å². The van der Waals surface area contributed by atoms with E-state index >= 15 is 0 Å². The molecule has 0 amide bonds. The summed E-state index contributed by atoms with van der Waals surface area (Å²) in [6.07, 6.45) is 4.35. The third-order valence-corrected chi connectivity index (χ3v) is 7.12. The van der Waals surface area contributed by atoms with E-state index in [9.17, 15) is 4.39 Å². The largest absolute Gasteiger partial charge is 0.482 e. The van der Waals surface area contributed by atoms with Gasteiger partial charge in [-0.15, -0.1) is 0 Å². The number of nitrogens with two attached hydrogens (primary N) is 1. The van der Waals surface area contributed by atoms with Crippen LogP contribution in [0.4, 0.5) is 10.2 Å². The van der Waals surface area contributed by atoms with Crippen LogP contribution in [0.2, 0.25) is 0 Å². The maximum atomic E-state index is 14.4. The molecule has 174 valence electrons. The van der Waals surface area contributed by atoms with Crippen LogP contribution in [0.5, 0.6) is 5.75 Å². The number of halogens is 1. The zero-order chi connectivity index (χ0) is 23.7. The average molecular weight is 459 g/mol. The third kappa shape index (κ3) is 2.97. The minimum absolute atomic E-state index is 0.110. The van der Waals surface area contributed by atoms with Crippen LogP contribution in [0, 0.1) is 5.82 Å². The van der Waals surface area contributed by atoms with Crippen LogP contribution in [0.15, 0.2) is 36.7 Å². The van der Waals surface area contributed by atoms with E-state index in [2.05, 4.69) is 29.7 Å². The SMILES string of the molecule is CCn1nc2c3c1-c1cnc(N)c(c1)O[C@H](C)c1cc(F)ccc1-c1nn(C)cc1C3CC2C. The topological polar surface area (TPSA) is 83.8 Å². The lowest BCUT2D eigenvalue weighted by molar-refractivity contribution is 0.227. The molecule has 0 fully saturated rings. The molecule has 34 heavy (non-hydrogen) atoms. The van der Waals surface area contributed by atoms with Crippen molar-refractivity contribution >= 4 is 5.82 Å². The lowest BCUT2D eigenvalue weighted by atomic mass is 9.87. The summed E-state index contributed by atoms with van der Waals surface area (Å²) in [7, 11) is 1.93. The molecule has 2 N–H and O–H groups in total. The van der Waals surface area contributed by atoms with Crippen molar-refractivity contribution in [3.63, 3.8) is 0 Å². The summed E-state index contributed by atoms with van der Waals surface area (Å²) < 4.78 is 24.6. The Morgan fingerprint density at radius 3 is 2.79 bits per heavy atom. The Kier molecular flexibility index (Phi) is 4.56. The Bertz CT molecular complexity index is 1440.